The summed E-state index contributed by atoms with van der Waals surface area (Å²) in [5.74, 6) is -0.101. The highest BCUT2D eigenvalue weighted by molar-refractivity contribution is 8.19. The van der Waals surface area contributed by atoms with E-state index >= 15 is 0 Å². The van der Waals surface area contributed by atoms with Crippen LogP contribution in [0.25, 0.3) is 6.08 Å². The fourth-order valence-corrected chi connectivity index (χ4v) is 3.87. The van der Waals surface area contributed by atoms with E-state index in [-0.39, 0.29) is 22.7 Å². The number of carbonyl (C=O) groups is 1. The predicted octanol–water partition coefficient (Wildman–Crippen LogP) is 5.24. The summed E-state index contributed by atoms with van der Waals surface area (Å²) in [7, 11) is 0. The van der Waals surface area contributed by atoms with Crippen LogP contribution in [-0.4, -0.2) is 22.2 Å². The van der Waals surface area contributed by atoms with Crippen LogP contribution in [-0.2, 0) is 4.79 Å². The maximum Gasteiger partial charge on any atom is 0.271 e. The van der Waals surface area contributed by atoms with Gasteiger partial charge < -0.3 is 5.11 Å². The van der Waals surface area contributed by atoms with E-state index in [2.05, 4.69) is 4.99 Å². The third-order valence-electron chi connectivity index (χ3n) is 3.80. The Balaban J connectivity index is 2.05. The molecule has 0 atom stereocenters. The molecule has 4 nitrogen and oxygen atoms in total. The molecule has 0 radical (unpaired) electrons. The molecule has 1 amide bonds. The zero-order chi connectivity index (χ0) is 18.8. The lowest BCUT2D eigenvalue weighted by Crippen LogP contribution is -2.30. The van der Waals surface area contributed by atoms with Gasteiger partial charge in [0.1, 0.15) is 5.75 Å². The molecule has 26 heavy (non-hydrogen) atoms. The number of halogens is 1. The standard InChI is InChI=1S/C20H19ClN2O2S/c1-12(2)22-20-23(16-7-5-4-6-13(16)3)19(25)18(26-20)11-14-8-9-17(24)15(21)10-14/h4-12,24H,1-3H3/b18-11-,22-20?. The molecule has 0 aliphatic carbocycles. The molecule has 3 rings (SSSR count). The van der Waals surface area contributed by atoms with Crippen molar-refractivity contribution in [2.75, 3.05) is 4.90 Å². The molecule has 0 spiro atoms. The van der Waals surface area contributed by atoms with Crippen molar-refractivity contribution in [3.63, 3.8) is 0 Å². The Morgan fingerprint density at radius 2 is 1.96 bits per heavy atom. The molecule has 2 aromatic carbocycles. The maximum absolute atomic E-state index is 13.1. The van der Waals surface area contributed by atoms with Crippen LogP contribution in [0.15, 0.2) is 52.4 Å². The van der Waals surface area contributed by atoms with Gasteiger partial charge in [-0.05, 0) is 67.9 Å². The van der Waals surface area contributed by atoms with Crippen LogP contribution in [0.2, 0.25) is 5.02 Å². The van der Waals surface area contributed by atoms with E-state index in [4.69, 9.17) is 11.6 Å². The van der Waals surface area contributed by atoms with Gasteiger partial charge in [0.25, 0.3) is 5.91 Å². The molecule has 1 N–H and O–H groups in total. The van der Waals surface area contributed by atoms with Crippen molar-refractivity contribution in [1.82, 2.24) is 0 Å². The lowest BCUT2D eigenvalue weighted by molar-refractivity contribution is -0.113. The number of thioether (sulfide) groups is 1. The Morgan fingerprint density at radius 1 is 1.23 bits per heavy atom. The predicted molar refractivity (Wildman–Crippen MR) is 110 cm³/mol. The molecule has 1 heterocycles. The molecule has 0 aromatic heterocycles. The van der Waals surface area contributed by atoms with Gasteiger partial charge in [-0.1, -0.05) is 35.9 Å². The molecular formula is C20H19ClN2O2S. The third kappa shape index (κ3) is 3.79. The SMILES string of the molecule is Cc1ccccc1N1C(=O)/C(=C/c2ccc(O)c(Cl)c2)SC1=NC(C)C. The summed E-state index contributed by atoms with van der Waals surface area (Å²) in [6, 6.07) is 12.7. The summed E-state index contributed by atoms with van der Waals surface area (Å²) in [5, 5.41) is 10.5. The van der Waals surface area contributed by atoms with Crippen molar-refractivity contribution in [2.45, 2.75) is 26.8 Å². The van der Waals surface area contributed by atoms with E-state index in [1.807, 2.05) is 45.0 Å². The first-order chi connectivity index (χ1) is 12.4. The first-order valence-corrected chi connectivity index (χ1v) is 9.42. The number of phenols is 1. The number of benzene rings is 2. The molecule has 1 saturated heterocycles. The topological polar surface area (TPSA) is 52.9 Å². The number of amidine groups is 1. The van der Waals surface area contributed by atoms with E-state index in [1.165, 1.54) is 17.8 Å². The summed E-state index contributed by atoms with van der Waals surface area (Å²) in [6.07, 6.45) is 1.77. The van der Waals surface area contributed by atoms with Gasteiger partial charge in [-0.15, -0.1) is 0 Å². The summed E-state index contributed by atoms with van der Waals surface area (Å²) in [6.45, 7) is 5.94. The van der Waals surface area contributed by atoms with Gasteiger partial charge in [-0.2, -0.15) is 0 Å². The molecule has 6 heteroatoms. The van der Waals surface area contributed by atoms with Crippen molar-refractivity contribution in [3.8, 4) is 5.75 Å². The van der Waals surface area contributed by atoms with Gasteiger partial charge in [0.2, 0.25) is 0 Å². The van der Waals surface area contributed by atoms with Crippen LogP contribution in [0.4, 0.5) is 5.69 Å². The van der Waals surface area contributed by atoms with Gasteiger partial charge >= 0.3 is 0 Å². The smallest absolute Gasteiger partial charge is 0.271 e. The Morgan fingerprint density at radius 3 is 2.62 bits per heavy atom. The van der Waals surface area contributed by atoms with Crippen molar-refractivity contribution in [3.05, 3.63) is 63.5 Å². The zero-order valence-electron chi connectivity index (χ0n) is 14.7. The van der Waals surface area contributed by atoms with Crippen molar-refractivity contribution in [1.29, 1.82) is 0 Å². The van der Waals surface area contributed by atoms with Crippen molar-refractivity contribution < 1.29 is 9.90 Å². The number of aliphatic imine (C=N–C) groups is 1. The number of carbonyl (C=O) groups excluding carboxylic acids is 1. The average molecular weight is 387 g/mol. The normalized spacial score (nSPS) is 17.7. The lowest BCUT2D eigenvalue weighted by Gasteiger charge is -2.18. The average Bonchev–Trinajstić information content (AvgIpc) is 2.86. The minimum atomic E-state index is -0.118. The molecule has 2 aromatic rings. The van der Waals surface area contributed by atoms with Crippen LogP contribution in [0.3, 0.4) is 0 Å². The highest BCUT2D eigenvalue weighted by Crippen LogP contribution is 2.38. The first-order valence-electron chi connectivity index (χ1n) is 8.23. The maximum atomic E-state index is 13.1. The fourth-order valence-electron chi connectivity index (χ4n) is 2.57. The number of amides is 1. The molecule has 1 aliphatic rings. The minimum Gasteiger partial charge on any atom is -0.506 e. The Kier molecular flexibility index (Phi) is 5.39. The van der Waals surface area contributed by atoms with Crippen LogP contribution in [0.1, 0.15) is 25.0 Å². The van der Waals surface area contributed by atoms with Crippen molar-refractivity contribution >= 4 is 46.2 Å². The molecule has 0 saturated carbocycles. The monoisotopic (exact) mass is 386 g/mol. The summed E-state index contributed by atoms with van der Waals surface area (Å²) in [5.41, 5.74) is 2.59. The van der Waals surface area contributed by atoms with Crippen LogP contribution >= 0.6 is 23.4 Å². The van der Waals surface area contributed by atoms with Gasteiger partial charge in [-0.25, -0.2) is 0 Å². The largest absolute Gasteiger partial charge is 0.506 e. The highest BCUT2D eigenvalue weighted by atomic mass is 35.5. The van der Waals surface area contributed by atoms with E-state index in [1.54, 1.807) is 23.1 Å². The summed E-state index contributed by atoms with van der Waals surface area (Å²) >= 11 is 7.32. The quantitative estimate of drug-likeness (QED) is 0.734. The van der Waals surface area contributed by atoms with Crippen molar-refractivity contribution in [2.24, 2.45) is 4.99 Å². The van der Waals surface area contributed by atoms with E-state index in [0.29, 0.717) is 10.1 Å². The fraction of sp³-hybridized carbons (Fsp3) is 0.200. The number of anilines is 1. The zero-order valence-corrected chi connectivity index (χ0v) is 16.3. The second-order valence-electron chi connectivity index (χ2n) is 6.25. The number of aromatic hydroxyl groups is 1. The van der Waals surface area contributed by atoms with E-state index < -0.39 is 0 Å². The number of nitrogens with zero attached hydrogens (tertiary/aromatic N) is 2. The first kappa shape index (κ1) is 18.5. The molecule has 1 fully saturated rings. The van der Waals surface area contributed by atoms with Gasteiger partial charge in [0, 0.05) is 6.04 Å². The lowest BCUT2D eigenvalue weighted by atomic mass is 10.1. The Hall–Kier alpha value is -2.24. The molecule has 0 unspecified atom stereocenters. The van der Waals surface area contributed by atoms with Crippen LogP contribution in [0, 0.1) is 6.92 Å². The number of hydrogen-bond donors (Lipinski definition) is 1. The molecule has 134 valence electrons. The third-order valence-corrected chi connectivity index (χ3v) is 5.09. The number of hydrogen-bond acceptors (Lipinski definition) is 4. The molecule has 1 aliphatic heterocycles. The highest BCUT2D eigenvalue weighted by Gasteiger charge is 2.35. The van der Waals surface area contributed by atoms with E-state index in [0.717, 1.165) is 16.8 Å². The number of para-hydroxylation sites is 1. The Labute approximate surface area is 162 Å². The van der Waals surface area contributed by atoms with Crippen LogP contribution in [0.5, 0.6) is 5.75 Å². The van der Waals surface area contributed by atoms with E-state index in [9.17, 15) is 9.90 Å². The second kappa shape index (κ2) is 7.56. The Bertz CT molecular complexity index is 922. The number of phenolic OH excluding ortho intramolecular Hbond substituents is 1. The second-order valence-corrected chi connectivity index (χ2v) is 7.67. The number of rotatable bonds is 3. The van der Waals surface area contributed by atoms with Gasteiger partial charge in [0.15, 0.2) is 5.17 Å². The molecule has 0 bridgehead atoms. The summed E-state index contributed by atoms with van der Waals surface area (Å²) < 4.78 is 0. The number of aryl methyl sites for hydroxylation is 1. The van der Waals surface area contributed by atoms with Crippen LogP contribution < -0.4 is 4.90 Å². The molecular weight excluding hydrogens is 368 g/mol. The van der Waals surface area contributed by atoms with Gasteiger partial charge in [0.05, 0.1) is 15.6 Å². The minimum absolute atomic E-state index is 0.0165. The van der Waals surface area contributed by atoms with Gasteiger partial charge in [-0.3, -0.25) is 14.7 Å². The summed E-state index contributed by atoms with van der Waals surface area (Å²) in [4.78, 5) is 19.9.